The summed E-state index contributed by atoms with van der Waals surface area (Å²) in [7, 11) is 0. The molecule has 2 fully saturated rings. The zero-order chi connectivity index (χ0) is 6.97. The van der Waals surface area contributed by atoms with Gasteiger partial charge in [-0.25, -0.2) is 0 Å². The number of fused-ring (bicyclic) bond motifs is 2. The normalized spacial score (nSPS) is 47.1. The van der Waals surface area contributed by atoms with Crippen LogP contribution in [0.4, 0.5) is 0 Å². The highest BCUT2D eigenvalue weighted by molar-refractivity contribution is 4.86. The molecular weight excluding hydrogens is 122 g/mol. The van der Waals surface area contributed by atoms with E-state index in [1.807, 2.05) is 0 Å². The molecule has 1 saturated heterocycles. The van der Waals surface area contributed by atoms with Gasteiger partial charge in [0.2, 0.25) is 0 Å². The summed E-state index contributed by atoms with van der Waals surface area (Å²) in [6, 6.07) is 0.884. The van der Waals surface area contributed by atoms with Gasteiger partial charge in [0.05, 0.1) is 0 Å². The second-order valence-electron chi connectivity index (χ2n) is 3.99. The molecule has 0 amide bonds. The van der Waals surface area contributed by atoms with E-state index in [4.69, 9.17) is 0 Å². The first kappa shape index (κ1) is 6.66. The summed E-state index contributed by atoms with van der Waals surface area (Å²) in [6.07, 6.45) is 5.78. The molecule has 1 aliphatic heterocycles. The third-order valence-corrected chi connectivity index (χ3v) is 3.31. The third kappa shape index (κ3) is 1.07. The molecule has 2 aliphatic rings. The van der Waals surface area contributed by atoms with Gasteiger partial charge in [-0.2, -0.15) is 0 Å². The minimum Gasteiger partial charge on any atom is -0.314 e. The molecule has 1 heteroatoms. The Morgan fingerprint density at radius 2 is 2.10 bits per heavy atom. The van der Waals surface area contributed by atoms with Crippen molar-refractivity contribution in [1.82, 2.24) is 5.32 Å². The predicted molar refractivity (Wildman–Crippen MR) is 42.9 cm³/mol. The molecule has 0 spiro atoms. The highest BCUT2D eigenvalue weighted by atomic mass is 14.9. The van der Waals surface area contributed by atoms with E-state index in [0.29, 0.717) is 0 Å². The first-order valence-electron chi connectivity index (χ1n) is 4.59. The van der Waals surface area contributed by atoms with Crippen LogP contribution in [0.3, 0.4) is 0 Å². The smallest absolute Gasteiger partial charge is 0.00699 e. The van der Waals surface area contributed by atoms with Gasteiger partial charge in [-0.3, -0.25) is 0 Å². The van der Waals surface area contributed by atoms with Crippen LogP contribution in [0.25, 0.3) is 0 Å². The second kappa shape index (κ2) is 2.54. The van der Waals surface area contributed by atoms with Crippen LogP contribution in [0.1, 0.15) is 32.6 Å². The summed E-state index contributed by atoms with van der Waals surface area (Å²) in [5, 5.41) is 3.57. The summed E-state index contributed by atoms with van der Waals surface area (Å²) in [4.78, 5) is 0. The Morgan fingerprint density at radius 1 is 1.20 bits per heavy atom. The van der Waals surface area contributed by atoms with Crippen LogP contribution in [0.2, 0.25) is 0 Å². The molecule has 3 atom stereocenters. The van der Waals surface area contributed by atoms with Crippen LogP contribution in [0, 0.1) is 11.8 Å². The summed E-state index contributed by atoms with van der Waals surface area (Å²) < 4.78 is 0. The molecular formula is C9H17N. The average Bonchev–Trinajstić information content (AvgIpc) is 1.99. The molecule has 1 aliphatic carbocycles. The fraction of sp³-hybridized carbons (Fsp3) is 1.00. The standard InChI is InChI=1S/C9H17N/c1-7-2-3-9-6-8(7)4-5-10-9/h7-10H,2-6H2,1H3. The molecule has 10 heavy (non-hydrogen) atoms. The molecule has 0 aromatic rings. The molecule has 3 unspecified atom stereocenters. The monoisotopic (exact) mass is 139 g/mol. The van der Waals surface area contributed by atoms with Crippen LogP contribution >= 0.6 is 0 Å². The van der Waals surface area contributed by atoms with Crippen LogP contribution in [-0.4, -0.2) is 12.6 Å². The lowest BCUT2D eigenvalue weighted by molar-refractivity contribution is 0.162. The van der Waals surface area contributed by atoms with Gasteiger partial charge in [0, 0.05) is 6.04 Å². The van der Waals surface area contributed by atoms with Gasteiger partial charge < -0.3 is 5.32 Å². The van der Waals surface area contributed by atoms with Crippen molar-refractivity contribution >= 4 is 0 Å². The zero-order valence-corrected chi connectivity index (χ0v) is 6.77. The van der Waals surface area contributed by atoms with E-state index >= 15 is 0 Å². The lowest BCUT2D eigenvalue weighted by Crippen LogP contribution is -2.43. The molecule has 1 heterocycles. The molecule has 0 aromatic carbocycles. The van der Waals surface area contributed by atoms with Gasteiger partial charge in [-0.15, -0.1) is 0 Å². The van der Waals surface area contributed by atoms with Gasteiger partial charge in [-0.05, 0) is 44.1 Å². The van der Waals surface area contributed by atoms with E-state index in [0.717, 1.165) is 17.9 Å². The second-order valence-corrected chi connectivity index (χ2v) is 3.99. The average molecular weight is 139 g/mol. The maximum absolute atomic E-state index is 3.57. The molecule has 1 saturated carbocycles. The molecule has 1 N–H and O–H groups in total. The van der Waals surface area contributed by atoms with Crippen molar-refractivity contribution in [1.29, 1.82) is 0 Å². The van der Waals surface area contributed by atoms with E-state index in [9.17, 15) is 0 Å². The maximum Gasteiger partial charge on any atom is 0.00699 e. The topological polar surface area (TPSA) is 12.0 Å². The molecule has 0 aromatic heterocycles. The first-order chi connectivity index (χ1) is 4.86. The van der Waals surface area contributed by atoms with Crippen molar-refractivity contribution in [2.75, 3.05) is 6.54 Å². The van der Waals surface area contributed by atoms with Crippen molar-refractivity contribution in [3.8, 4) is 0 Å². The van der Waals surface area contributed by atoms with Crippen molar-refractivity contribution in [2.45, 2.75) is 38.6 Å². The summed E-state index contributed by atoms with van der Waals surface area (Å²) in [5.41, 5.74) is 0. The highest BCUT2D eigenvalue weighted by Gasteiger charge is 2.30. The van der Waals surface area contributed by atoms with Gasteiger partial charge in [0.1, 0.15) is 0 Å². The van der Waals surface area contributed by atoms with Crippen molar-refractivity contribution in [3.05, 3.63) is 0 Å². The van der Waals surface area contributed by atoms with E-state index in [2.05, 4.69) is 12.2 Å². The molecule has 58 valence electrons. The minimum atomic E-state index is 0.884. The number of hydrogen-bond donors (Lipinski definition) is 1. The van der Waals surface area contributed by atoms with Crippen LogP contribution in [-0.2, 0) is 0 Å². The van der Waals surface area contributed by atoms with E-state index in [1.165, 1.54) is 32.2 Å². The largest absolute Gasteiger partial charge is 0.314 e. The van der Waals surface area contributed by atoms with Crippen LogP contribution in [0.5, 0.6) is 0 Å². The van der Waals surface area contributed by atoms with Crippen molar-refractivity contribution in [3.63, 3.8) is 0 Å². The van der Waals surface area contributed by atoms with Crippen LogP contribution in [0.15, 0.2) is 0 Å². The van der Waals surface area contributed by atoms with Gasteiger partial charge in [0.25, 0.3) is 0 Å². The molecule has 2 rings (SSSR count). The summed E-state index contributed by atoms with van der Waals surface area (Å²) >= 11 is 0. The zero-order valence-electron chi connectivity index (χ0n) is 6.77. The highest BCUT2D eigenvalue weighted by Crippen LogP contribution is 2.34. The van der Waals surface area contributed by atoms with Crippen LogP contribution < -0.4 is 5.32 Å². The van der Waals surface area contributed by atoms with Crippen molar-refractivity contribution < 1.29 is 0 Å². The lowest BCUT2D eigenvalue weighted by atomic mass is 9.74. The maximum atomic E-state index is 3.57. The van der Waals surface area contributed by atoms with E-state index < -0.39 is 0 Å². The minimum absolute atomic E-state index is 0.884. The Hall–Kier alpha value is -0.0400. The number of hydrogen-bond acceptors (Lipinski definition) is 1. The number of piperidine rings is 1. The van der Waals surface area contributed by atoms with Gasteiger partial charge in [-0.1, -0.05) is 6.92 Å². The predicted octanol–water partition coefficient (Wildman–Crippen LogP) is 1.78. The third-order valence-electron chi connectivity index (χ3n) is 3.31. The Labute approximate surface area is 63.2 Å². The summed E-state index contributed by atoms with van der Waals surface area (Å²) in [5.74, 6) is 2.07. The van der Waals surface area contributed by atoms with E-state index in [1.54, 1.807) is 0 Å². The summed E-state index contributed by atoms with van der Waals surface area (Å²) in [6.45, 7) is 3.70. The molecule has 0 radical (unpaired) electrons. The Morgan fingerprint density at radius 3 is 2.90 bits per heavy atom. The SMILES string of the molecule is CC1CCC2CC1CCN2. The first-order valence-corrected chi connectivity index (χ1v) is 4.59. The molecule has 2 bridgehead atoms. The van der Waals surface area contributed by atoms with Crippen molar-refractivity contribution in [2.24, 2.45) is 11.8 Å². The fourth-order valence-electron chi connectivity index (χ4n) is 2.48. The fourth-order valence-corrected chi connectivity index (χ4v) is 2.48. The Kier molecular flexibility index (Phi) is 1.69. The molecule has 1 nitrogen and oxygen atoms in total. The quantitative estimate of drug-likeness (QED) is 0.539. The Balaban J connectivity index is 2.00. The number of nitrogens with one attached hydrogen (secondary N) is 1. The van der Waals surface area contributed by atoms with E-state index in [-0.39, 0.29) is 0 Å². The lowest BCUT2D eigenvalue weighted by Gasteiger charge is -2.39. The van der Waals surface area contributed by atoms with Gasteiger partial charge in [0.15, 0.2) is 0 Å². The van der Waals surface area contributed by atoms with Gasteiger partial charge >= 0.3 is 0 Å². The Bertz CT molecular complexity index is 120. The number of rotatable bonds is 0.